The predicted octanol–water partition coefficient (Wildman–Crippen LogP) is 5.56. The van der Waals surface area contributed by atoms with Crippen LogP contribution in [0.1, 0.15) is 61.3 Å². The zero-order chi connectivity index (χ0) is 25.4. The van der Waals surface area contributed by atoms with Crippen molar-refractivity contribution in [1.82, 2.24) is 0 Å². The first kappa shape index (κ1) is 25.8. The average molecular weight is 498 g/mol. The van der Waals surface area contributed by atoms with Crippen LogP contribution < -0.4 is 10.1 Å². The van der Waals surface area contributed by atoms with Gasteiger partial charge in [0.05, 0.1) is 18.8 Å². The van der Waals surface area contributed by atoms with Crippen molar-refractivity contribution in [3.63, 3.8) is 0 Å². The molecule has 0 aliphatic rings. The molecule has 0 aliphatic heterocycles. The molecule has 0 aliphatic carbocycles. The molecule has 1 amide bonds. The number of carbonyl (C=O) groups excluding carboxylic acids is 3. The van der Waals surface area contributed by atoms with Crippen LogP contribution in [-0.4, -0.2) is 31.1 Å². The lowest BCUT2D eigenvalue weighted by atomic mass is 10.1. The number of ether oxygens (including phenoxy) is 3. The number of amides is 1. The zero-order valence-electron chi connectivity index (χ0n) is 19.8. The van der Waals surface area contributed by atoms with Gasteiger partial charge in [-0.15, -0.1) is 17.9 Å². The Kier molecular flexibility index (Phi) is 8.86. The Hall–Kier alpha value is -3.85. The van der Waals surface area contributed by atoms with Crippen LogP contribution in [0.25, 0.3) is 0 Å². The van der Waals surface area contributed by atoms with E-state index in [0.29, 0.717) is 23.5 Å². The van der Waals surface area contributed by atoms with Gasteiger partial charge in [-0.1, -0.05) is 24.3 Å². The summed E-state index contributed by atoms with van der Waals surface area (Å²) in [6, 6.07) is 10.8. The van der Waals surface area contributed by atoms with Gasteiger partial charge in [0.2, 0.25) is 0 Å². The Morgan fingerprint density at radius 2 is 1.77 bits per heavy atom. The number of nitrogens with one attached hydrogen (secondary N) is 1. The van der Waals surface area contributed by atoms with E-state index in [0.717, 1.165) is 16.9 Å². The van der Waals surface area contributed by atoms with Gasteiger partial charge in [-0.05, 0) is 56.5 Å². The van der Waals surface area contributed by atoms with Crippen LogP contribution in [0.15, 0.2) is 53.5 Å². The van der Waals surface area contributed by atoms with Crippen LogP contribution in [-0.2, 0) is 22.5 Å². The van der Waals surface area contributed by atoms with Gasteiger partial charge in [0, 0.05) is 0 Å². The number of carbonyl (C=O) groups is 3. The van der Waals surface area contributed by atoms with Gasteiger partial charge in [0.25, 0.3) is 5.91 Å². The molecular formula is C26H27NO7S. The molecule has 3 rings (SSSR count). The third-order valence-electron chi connectivity index (χ3n) is 4.91. The lowest BCUT2D eigenvalue weighted by Crippen LogP contribution is -2.14. The Labute approximate surface area is 207 Å². The van der Waals surface area contributed by atoms with Crippen LogP contribution >= 0.6 is 11.3 Å². The summed E-state index contributed by atoms with van der Waals surface area (Å²) in [5.41, 5.74) is 1.49. The van der Waals surface area contributed by atoms with Gasteiger partial charge in [0.15, 0.2) is 5.76 Å². The number of furan rings is 1. The van der Waals surface area contributed by atoms with Crippen LogP contribution in [0.4, 0.5) is 5.00 Å². The topological polar surface area (TPSA) is 104 Å². The molecule has 0 spiro atoms. The molecule has 0 fully saturated rings. The van der Waals surface area contributed by atoms with Crippen molar-refractivity contribution in [3.05, 3.63) is 82.1 Å². The molecule has 0 unspecified atom stereocenters. The van der Waals surface area contributed by atoms with E-state index in [1.54, 1.807) is 32.9 Å². The summed E-state index contributed by atoms with van der Waals surface area (Å²) in [7, 11) is 0. The monoisotopic (exact) mass is 497 g/mol. The molecular weight excluding hydrogens is 470 g/mol. The summed E-state index contributed by atoms with van der Waals surface area (Å²) in [6.07, 6.45) is 2.46. The predicted molar refractivity (Wildman–Crippen MR) is 132 cm³/mol. The molecule has 1 N–H and O–H groups in total. The number of benzene rings is 1. The number of hydrogen-bond acceptors (Lipinski definition) is 8. The van der Waals surface area contributed by atoms with Crippen molar-refractivity contribution in [2.45, 2.75) is 33.8 Å². The molecule has 9 heteroatoms. The minimum Gasteiger partial charge on any atom is -0.485 e. The summed E-state index contributed by atoms with van der Waals surface area (Å²) in [6.45, 7) is 9.18. The number of allylic oxidation sites excluding steroid dienone is 1. The highest BCUT2D eigenvalue weighted by Gasteiger charge is 2.28. The largest absolute Gasteiger partial charge is 0.485 e. The summed E-state index contributed by atoms with van der Waals surface area (Å²) >= 11 is 0.950. The SMILES string of the molecule is C=CCc1ccccc1OCc1ccc(C(=O)Nc2sc(C(=O)OCC)c(C)c2C(=O)OCC)o1. The number of thiophene rings is 1. The third kappa shape index (κ3) is 6.19. The van der Waals surface area contributed by atoms with Gasteiger partial charge in [-0.25, -0.2) is 9.59 Å². The second-order valence-corrected chi connectivity index (χ2v) is 8.33. The summed E-state index contributed by atoms with van der Waals surface area (Å²) in [5.74, 6) is -0.612. The first-order chi connectivity index (χ1) is 16.9. The summed E-state index contributed by atoms with van der Waals surface area (Å²) in [4.78, 5) is 37.9. The van der Waals surface area contributed by atoms with E-state index in [4.69, 9.17) is 18.6 Å². The van der Waals surface area contributed by atoms with Crippen LogP contribution in [0, 0.1) is 6.92 Å². The van der Waals surface area contributed by atoms with Crippen molar-refractivity contribution >= 4 is 34.2 Å². The van der Waals surface area contributed by atoms with E-state index in [9.17, 15) is 14.4 Å². The molecule has 0 saturated heterocycles. The fraction of sp³-hybridized carbons (Fsp3) is 0.269. The second kappa shape index (κ2) is 12.0. The second-order valence-electron chi connectivity index (χ2n) is 7.31. The lowest BCUT2D eigenvalue weighted by Gasteiger charge is -2.09. The molecule has 1 aromatic carbocycles. The fourth-order valence-corrected chi connectivity index (χ4v) is 4.39. The summed E-state index contributed by atoms with van der Waals surface area (Å²) in [5, 5.41) is 2.84. The van der Waals surface area contributed by atoms with E-state index in [1.165, 1.54) is 6.07 Å². The van der Waals surface area contributed by atoms with Crippen molar-refractivity contribution < 1.29 is 33.0 Å². The number of hydrogen-bond donors (Lipinski definition) is 1. The molecule has 0 radical (unpaired) electrons. The van der Waals surface area contributed by atoms with Crippen LogP contribution in [0.5, 0.6) is 5.75 Å². The molecule has 0 bridgehead atoms. The molecule has 35 heavy (non-hydrogen) atoms. The van der Waals surface area contributed by atoms with E-state index >= 15 is 0 Å². The quantitative estimate of drug-likeness (QED) is 0.273. The van der Waals surface area contributed by atoms with Gasteiger partial charge >= 0.3 is 11.9 Å². The van der Waals surface area contributed by atoms with Gasteiger partial charge < -0.3 is 23.9 Å². The highest BCUT2D eigenvalue weighted by Crippen LogP contribution is 2.35. The van der Waals surface area contributed by atoms with Crippen LogP contribution in [0.3, 0.4) is 0 Å². The Morgan fingerprint density at radius 1 is 1.06 bits per heavy atom. The molecule has 184 valence electrons. The van der Waals surface area contributed by atoms with E-state index in [-0.39, 0.29) is 41.0 Å². The number of para-hydroxylation sites is 1. The number of esters is 2. The number of anilines is 1. The minimum absolute atomic E-state index is 0.0292. The lowest BCUT2D eigenvalue weighted by molar-refractivity contribution is 0.0527. The maximum atomic E-state index is 12.9. The maximum absolute atomic E-state index is 12.9. The van der Waals surface area contributed by atoms with Crippen molar-refractivity contribution in [1.29, 1.82) is 0 Å². The van der Waals surface area contributed by atoms with E-state index in [2.05, 4.69) is 11.9 Å². The Morgan fingerprint density at radius 3 is 2.49 bits per heavy atom. The standard InChI is InChI=1S/C26H27NO7S/c1-5-10-17-11-8-9-12-19(17)33-15-18-13-14-20(34-18)23(28)27-24-21(25(29)31-6-2)16(4)22(35-24)26(30)32-7-3/h5,8-9,11-14H,1,6-7,10,15H2,2-4H3,(H,27,28). The third-order valence-corrected chi connectivity index (χ3v) is 6.09. The van der Waals surface area contributed by atoms with Gasteiger partial charge in [-0.3, -0.25) is 4.79 Å². The van der Waals surface area contributed by atoms with E-state index < -0.39 is 17.8 Å². The smallest absolute Gasteiger partial charge is 0.348 e. The molecule has 3 aromatic rings. The highest BCUT2D eigenvalue weighted by atomic mass is 32.1. The normalized spacial score (nSPS) is 10.5. The molecule has 2 aromatic heterocycles. The van der Waals surface area contributed by atoms with Crippen LogP contribution in [0.2, 0.25) is 0 Å². The first-order valence-electron chi connectivity index (χ1n) is 11.1. The molecule has 8 nitrogen and oxygen atoms in total. The minimum atomic E-state index is -0.640. The van der Waals surface area contributed by atoms with Gasteiger partial charge in [0.1, 0.15) is 28.0 Å². The Balaban J connectivity index is 1.77. The maximum Gasteiger partial charge on any atom is 0.348 e. The zero-order valence-corrected chi connectivity index (χ0v) is 20.7. The summed E-state index contributed by atoms with van der Waals surface area (Å²) < 4.78 is 21.7. The Bertz CT molecular complexity index is 1220. The first-order valence-corrected chi connectivity index (χ1v) is 11.9. The van der Waals surface area contributed by atoms with Crippen molar-refractivity contribution in [3.8, 4) is 5.75 Å². The highest BCUT2D eigenvalue weighted by molar-refractivity contribution is 7.18. The molecule has 0 saturated carbocycles. The number of rotatable bonds is 11. The fourth-order valence-electron chi connectivity index (χ4n) is 3.30. The van der Waals surface area contributed by atoms with Crippen molar-refractivity contribution in [2.75, 3.05) is 18.5 Å². The van der Waals surface area contributed by atoms with Crippen molar-refractivity contribution in [2.24, 2.45) is 0 Å². The average Bonchev–Trinajstić information content (AvgIpc) is 3.43. The molecule has 2 heterocycles. The molecule has 0 atom stereocenters. The van der Waals surface area contributed by atoms with E-state index in [1.807, 2.05) is 24.3 Å². The van der Waals surface area contributed by atoms with Gasteiger partial charge in [-0.2, -0.15) is 0 Å².